The number of hydrogen-bond acceptors (Lipinski definition) is 6. The van der Waals surface area contributed by atoms with Crippen molar-refractivity contribution in [2.24, 2.45) is 0 Å². The van der Waals surface area contributed by atoms with E-state index >= 15 is 0 Å². The molecule has 0 aliphatic heterocycles. The molecule has 4 nitrogen and oxygen atoms in total. The molecule has 0 saturated carbocycles. The summed E-state index contributed by atoms with van der Waals surface area (Å²) in [5, 5.41) is 17.9. The van der Waals surface area contributed by atoms with E-state index in [1.165, 1.54) is 79.3 Å². The molecule has 0 unspecified atom stereocenters. The van der Waals surface area contributed by atoms with E-state index < -0.39 is 7.12 Å². The number of fused-ring (bicyclic) bond motifs is 2. The molecule has 0 bridgehead atoms. The van der Waals surface area contributed by atoms with Gasteiger partial charge in [0.05, 0.1) is 23.7 Å². The third kappa shape index (κ3) is 7.47. The summed E-state index contributed by atoms with van der Waals surface area (Å²) in [7, 11) is -1.17. The molecule has 0 saturated heterocycles. The van der Waals surface area contributed by atoms with Crippen LogP contribution >= 0.6 is 45.3 Å². The Morgan fingerprint density at radius 3 is 1.43 bits per heavy atom. The average Bonchev–Trinajstić information content (AvgIpc) is 3.37. The van der Waals surface area contributed by atoms with Crippen LogP contribution in [0.2, 0.25) is 6.82 Å². The van der Waals surface area contributed by atoms with Gasteiger partial charge in [-0.3, -0.25) is 9.97 Å². The quantitative estimate of drug-likeness (QED) is 0.139. The lowest BCUT2D eigenvalue weighted by Crippen LogP contribution is -2.00. The van der Waals surface area contributed by atoms with Crippen molar-refractivity contribution in [1.29, 1.82) is 0 Å². The van der Waals surface area contributed by atoms with E-state index in [4.69, 9.17) is 10.0 Å². The minimum Gasteiger partial charge on any atom is -0.427 e. The van der Waals surface area contributed by atoms with E-state index in [9.17, 15) is 0 Å². The highest BCUT2D eigenvalue weighted by atomic mass is 127. The molecule has 0 amide bonds. The zero-order valence-electron chi connectivity index (χ0n) is 25.3. The molecule has 4 aromatic heterocycles. The zero-order valence-corrected chi connectivity index (χ0v) is 29.1. The maximum Gasteiger partial charge on any atom is 0.448 e. The van der Waals surface area contributed by atoms with E-state index in [2.05, 4.69) is 130 Å². The standard InChI is InChI=1S/C17H17NS.C16H14INS.CH5BO2/c1-10-7-11(2)9-14(8-10)16-17-15(5-6-18-16)12(3)13(4)19-17;1-9-6-10(2)8-12(7-9)14-15-13(4-5-18-14)11(3)16(17)19-15;1-2(3)4/h5-9H,1-4H3;4-8H,1-3H3;3-4H,1H3. The van der Waals surface area contributed by atoms with Gasteiger partial charge in [-0.05, 0) is 131 Å². The molecule has 8 heteroatoms. The Hall–Kier alpha value is -2.63. The number of pyridine rings is 2. The fraction of sp³-hybridized carbons (Fsp3) is 0.235. The van der Waals surface area contributed by atoms with Crippen molar-refractivity contribution < 1.29 is 10.0 Å². The van der Waals surface area contributed by atoms with Crippen LogP contribution in [-0.4, -0.2) is 27.1 Å². The third-order valence-corrected chi connectivity index (χ3v) is 10.7. The van der Waals surface area contributed by atoms with Crippen molar-refractivity contribution >= 4 is 72.6 Å². The number of hydrogen-bond donors (Lipinski definition) is 2. The lowest BCUT2D eigenvalue weighted by Gasteiger charge is -2.05. The molecule has 0 aliphatic rings. The van der Waals surface area contributed by atoms with Crippen molar-refractivity contribution in [2.45, 2.75) is 55.3 Å². The third-order valence-electron chi connectivity index (χ3n) is 6.88. The van der Waals surface area contributed by atoms with Gasteiger partial charge in [-0.15, -0.1) is 22.7 Å². The SMILES string of the molecule is CB(O)O.Cc1cc(C)cc(-c2nccc3c(C)c(C)sc23)c1.Cc1cc(C)cc(-c2nccc3c(C)c(I)sc23)c1. The van der Waals surface area contributed by atoms with E-state index in [1.807, 2.05) is 35.1 Å². The maximum absolute atomic E-state index is 7.61. The van der Waals surface area contributed by atoms with Gasteiger partial charge in [0, 0.05) is 33.8 Å². The van der Waals surface area contributed by atoms with E-state index in [1.54, 1.807) is 0 Å². The first kappa shape index (κ1) is 32.3. The maximum atomic E-state index is 7.61. The fourth-order valence-corrected chi connectivity index (χ4v) is 8.18. The summed E-state index contributed by atoms with van der Waals surface area (Å²) in [4.78, 5) is 10.6. The van der Waals surface area contributed by atoms with Crippen LogP contribution in [0.5, 0.6) is 0 Å². The van der Waals surface area contributed by atoms with Crippen LogP contribution in [0.1, 0.15) is 38.3 Å². The van der Waals surface area contributed by atoms with Gasteiger partial charge < -0.3 is 10.0 Å². The van der Waals surface area contributed by atoms with E-state index in [-0.39, 0.29) is 0 Å². The van der Waals surface area contributed by atoms with Gasteiger partial charge in [-0.25, -0.2) is 0 Å². The van der Waals surface area contributed by atoms with Crippen molar-refractivity contribution in [2.75, 3.05) is 0 Å². The van der Waals surface area contributed by atoms with Crippen molar-refractivity contribution in [1.82, 2.24) is 9.97 Å². The first-order valence-electron chi connectivity index (χ1n) is 13.8. The fourth-order valence-electron chi connectivity index (χ4n) is 5.02. The van der Waals surface area contributed by atoms with Crippen molar-refractivity contribution in [3.05, 3.63) is 102 Å². The summed E-state index contributed by atoms with van der Waals surface area (Å²) in [6.45, 7) is 16.4. The Kier molecular flexibility index (Phi) is 10.6. The molecule has 0 aliphatic carbocycles. The first-order valence-corrected chi connectivity index (χ1v) is 16.5. The van der Waals surface area contributed by atoms with E-state index in [0.717, 1.165) is 11.4 Å². The molecule has 216 valence electrons. The summed E-state index contributed by atoms with van der Waals surface area (Å²) in [5.41, 5.74) is 12.6. The van der Waals surface area contributed by atoms with Gasteiger partial charge in [-0.1, -0.05) is 34.4 Å². The number of aromatic nitrogens is 2. The van der Waals surface area contributed by atoms with Crippen LogP contribution in [0.4, 0.5) is 0 Å². The number of thiophene rings is 2. The second kappa shape index (κ2) is 13.8. The highest BCUT2D eigenvalue weighted by Crippen LogP contribution is 2.38. The number of halogens is 1. The smallest absolute Gasteiger partial charge is 0.427 e. The minimum absolute atomic E-state index is 1.11. The Morgan fingerprint density at radius 2 is 1.00 bits per heavy atom. The molecule has 0 radical (unpaired) electrons. The van der Waals surface area contributed by atoms with Gasteiger partial charge >= 0.3 is 7.12 Å². The van der Waals surface area contributed by atoms with Gasteiger partial charge in [0.25, 0.3) is 0 Å². The molecular formula is C34H36BIN2O2S2. The molecule has 6 aromatic rings. The van der Waals surface area contributed by atoms with Crippen LogP contribution < -0.4 is 0 Å². The molecule has 6 rings (SSSR count). The molecule has 0 atom stereocenters. The van der Waals surface area contributed by atoms with Gasteiger partial charge in [-0.2, -0.15) is 0 Å². The molecular weight excluding hydrogens is 670 g/mol. The van der Waals surface area contributed by atoms with E-state index in [0.29, 0.717) is 0 Å². The molecule has 2 aromatic carbocycles. The van der Waals surface area contributed by atoms with Gasteiger partial charge in [0.2, 0.25) is 0 Å². The molecule has 42 heavy (non-hydrogen) atoms. The number of nitrogens with zero attached hydrogens (tertiary/aromatic N) is 2. The summed E-state index contributed by atoms with van der Waals surface area (Å²) in [6, 6.07) is 17.5. The molecule has 0 spiro atoms. The largest absolute Gasteiger partial charge is 0.448 e. The van der Waals surface area contributed by atoms with Crippen LogP contribution in [0.3, 0.4) is 0 Å². The number of rotatable bonds is 2. The lowest BCUT2D eigenvalue weighted by atomic mass is 9.99. The predicted molar refractivity (Wildman–Crippen MR) is 192 cm³/mol. The van der Waals surface area contributed by atoms with Crippen LogP contribution in [0.15, 0.2) is 60.9 Å². The van der Waals surface area contributed by atoms with Crippen LogP contribution in [-0.2, 0) is 0 Å². The molecule has 2 N–H and O–H groups in total. The Bertz CT molecular complexity index is 1700. The monoisotopic (exact) mass is 706 g/mol. The Balaban J connectivity index is 0.000000171. The Morgan fingerprint density at radius 1 is 0.619 bits per heavy atom. The summed E-state index contributed by atoms with van der Waals surface area (Å²) in [6.07, 6.45) is 3.85. The molecule has 0 fully saturated rings. The van der Waals surface area contributed by atoms with Crippen molar-refractivity contribution in [3.8, 4) is 22.5 Å². The average molecular weight is 707 g/mol. The predicted octanol–water partition coefficient (Wildman–Crippen LogP) is 9.78. The summed E-state index contributed by atoms with van der Waals surface area (Å²) >= 11 is 6.10. The lowest BCUT2D eigenvalue weighted by molar-refractivity contribution is 0.417. The minimum atomic E-state index is -1.17. The zero-order chi connectivity index (χ0) is 30.7. The second-order valence-electron chi connectivity index (χ2n) is 10.7. The van der Waals surface area contributed by atoms with Crippen molar-refractivity contribution in [3.63, 3.8) is 0 Å². The molecule has 4 heterocycles. The summed E-state index contributed by atoms with van der Waals surface area (Å²) in [5.74, 6) is 0. The number of benzene rings is 2. The normalized spacial score (nSPS) is 10.7. The van der Waals surface area contributed by atoms with Gasteiger partial charge in [0.1, 0.15) is 0 Å². The second-order valence-corrected chi connectivity index (χ2v) is 14.8. The van der Waals surface area contributed by atoms with Gasteiger partial charge in [0.15, 0.2) is 0 Å². The Labute approximate surface area is 270 Å². The topological polar surface area (TPSA) is 66.2 Å². The van der Waals surface area contributed by atoms with Crippen LogP contribution in [0, 0.1) is 51.4 Å². The van der Waals surface area contributed by atoms with Crippen LogP contribution in [0.25, 0.3) is 42.7 Å². The first-order chi connectivity index (χ1) is 19.8. The number of aryl methyl sites for hydroxylation is 7. The summed E-state index contributed by atoms with van der Waals surface area (Å²) < 4.78 is 3.96. The highest BCUT2D eigenvalue weighted by molar-refractivity contribution is 14.1. The highest BCUT2D eigenvalue weighted by Gasteiger charge is 2.13.